The van der Waals surface area contributed by atoms with Crippen LogP contribution in [0.4, 0.5) is 5.69 Å². The molecular formula is C22H31N3O4. The number of carbonyl (C=O) groups excluding carboxylic acids is 1. The van der Waals surface area contributed by atoms with Crippen LogP contribution in [0.2, 0.25) is 0 Å². The van der Waals surface area contributed by atoms with E-state index in [4.69, 9.17) is 14.2 Å². The fraction of sp³-hybridized carbons (Fsp3) is 0.545. The van der Waals surface area contributed by atoms with Crippen LogP contribution in [0.5, 0.6) is 11.5 Å². The van der Waals surface area contributed by atoms with Gasteiger partial charge < -0.3 is 19.5 Å². The van der Waals surface area contributed by atoms with Crippen LogP contribution < -0.4 is 14.8 Å². The minimum atomic E-state index is -0.101. The number of anilines is 1. The van der Waals surface area contributed by atoms with E-state index in [1.54, 1.807) is 14.2 Å². The summed E-state index contributed by atoms with van der Waals surface area (Å²) in [5, 5.41) is 10.9. The molecule has 1 aromatic heterocycles. The first kappa shape index (κ1) is 21.2. The number of hydrogen-bond acceptors (Lipinski definition) is 5. The highest BCUT2D eigenvalue weighted by Gasteiger charge is 2.27. The number of methoxy groups -OCH3 is 2. The highest BCUT2D eigenvalue weighted by Crippen LogP contribution is 2.39. The lowest BCUT2D eigenvalue weighted by molar-refractivity contribution is -0.117. The Morgan fingerprint density at radius 1 is 1.21 bits per heavy atom. The molecular weight excluding hydrogens is 370 g/mol. The molecule has 0 saturated carbocycles. The maximum absolute atomic E-state index is 12.7. The van der Waals surface area contributed by atoms with Crippen LogP contribution in [0, 0.1) is 5.41 Å². The molecule has 0 atom stereocenters. The van der Waals surface area contributed by atoms with Gasteiger partial charge in [-0.2, -0.15) is 5.10 Å². The fourth-order valence-electron chi connectivity index (χ4n) is 3.62. The van der Waals surface area contributed by atoms with Crippen LogP contribution in [0.15, 0.2) is 18.2 Å². The Balaban J connectivity index is 2.00. The maximum Gasteiger partial charge on any atom is 0.225 e. The summed E-state index contributed by atoms with van der Waals surface area (Å²) in [7, 11) is 3.21. The molecule has 0 radical (unpaired) electrons. The molecule has 1 fully saturated rings. The molecule has 1 amide bonds. The highest BCUT2D eigenvalue weighted by molar-refractivity contribution is 5.96. The average Bonchev–Trinajstić information content (AvgIpc) is 3.09. The molecule has 158 valence electrons. The van der Waals surface area contributed by atoms with Crippen molar-refractivity contribution in [1.29, 1.82) is 0 Å². The van der Waals surface area contributed by atoms with Crippen LogP contribution in [0.1, 0.15) is 51.6 Å². The number of aromatic amines is 1. The van der Waals surface area contributed by atoms with Crippen LogP contribution in [-0.2, 0) is 9.53 Å². The Morgan fingerprint density at radius 2 is 1.90 bits per heavy atom. The van der Waals surface area contributed by atoms with E-state index in [-0.39, 0.29) is 17.2 Å². The molecule has 0 aliphatic carbocycles. The molecule has 0 unspecified atom stereocenters. The zero-order valence-electron chi connectivity index (χ0n) is 17.9. The predicted molar refractivity (Wildman–Crippen MR) is 113 cm³/mol. The van der Waals surface area contributed by atoms with Gasteiger partial charge in [0.2, 0.25) is 5.91 Å². The molecule has 7 heteroatoms. The van der Waals surface area contributed by atoms with Crippen molar-refractivity contribution in [3.8, 4) is 22.8 Å². The van der Waals surface area contributed by atoms with E-state index in [1.165, 1.54) is 0 Å². The second kappa shape index (κ2) is 8.86. The Hall–Kier alpha value is -2.54. The number of nitrogens with one attached hydrogen (secondary N) is 2. The number of ether oxygens (including phenoxy) is 3. The standard InChI is InChI=1S/C22H31N3O4/c1-22(2,3)13-18(26)23-21-19(14-8-10-29-11-9-14)24-25-20(21)15-6-7-16(27-4)17(12-15)28-5/h6-7,12,14H,8-11,13H2,1-5H3,(H,23,26)(H,24,25). The van der Waals surface area contributed by atoms with Crippen LogP contribution in [-0.4, -0.2) is 43.5 Å². The van der Waals surface area contributed by atoms with Gasteiger partial charge in [-0.25, -0.2) is 0 Å². The lowest BCUT2D eigenvalue weighted by atomic mass is 9.91. The minimum Gasteiger partial charge on any atom is -0.493 e. The van der Waals surface area contributed by atoms with Gasteiger partial charge in [0.15, 0.2) is 11.5 Å². The van der Waals surface area contributed by atoms with Crippen molar-refractivity contribution < 1.29 is 19.0 Å². The van der Waals surface area contributed by atoms with Gasteiger partial charge in [-0.1, -0.05) is 20.8 Å². The maximum atomic E-state index is 12.7. The fourth-order valence-corrected chi connectivity index (χ4v) is 3.62. The van der Waals surface area contributed by atoms with E-state index in [1.807, 2.05) is 18.2 Å². The molecule has 1 aromatic carbocycles. The van der Waals surface area contributed by atoms with Crippen molar-refractivity contribution in [1.82, 2.24) is 10.2 Å². The summed E-state index contributed by atoms with van der Waals surface area (Å²) in [6, 6.07) is 5.64. The van der Waals surface area contributed by atoms with Crippen LogP contribution in [0.3, 0.4) is 0 Å². The van der Waals surface area contributed by atoms with Crippen molar-refractivity contribution >= 4 is 11.6 Å². The summed E-state index contributed by atoms with van der Waals surface area (Å²) < 4.78 is 16.3. The van der Waals surface area contributed by atoms with Gasteiger partial charge in [-0.05, 0) is 36.5 Å². The Labute approximate surface area is 172 Å². The molecule has 29 heavy (non-hydrogen) atoms. The van der Waals surface area contributed by atoms with Crippen molar-refractivity contribution in [2.75, 3.05) is 32.8 Å². The second-order valence-corrected chi connectivity index (χ2v) is 8.60. The first-order valence-electron chi connectivity index (χ1n) is 10.0. The zero-order valence-corrected chi connectivity index (χ0v) is 17.9. The first-order valence-corrected chi connectivity index (χ1v) is 10.0. The Morgan fingerprint density at radius 3 is 2.52 bits per heavy atom. The number of amides is 1. The zero-order chi connectivity index (χ0) is 21.0. The van der Waals surface area contributed by atoms with E-state index < -0.39 is 0 Å². The van der Waals surface area contributed by atoms with Crippen molar-refractivity contribution in [3.63, 3.8) is 0 Å². The minimum absolute atomic E-state index is 0.0195. The van der Waals surface area contributed by atoms with E-state index in [0.717, 1.165) is 29.8 Å². The van der Waals surface area contributed by atoms with Crippen LogP contribution in [0.25, 0.3) is 11.3 Å². The normalized spacial score (nSPS) is 15.2. The van der Waals surface area contributed by atoms with Crippen molar-refractivity contribution in [2.45, 2.75) is 46.0 Å². The summed E-state index contributed by atoms with van der Waals surface area (Å²) >= 11 is 0. The number of aromatic nitrogens is 2. The third kappa shape index (κ3) is 5.09. The van der Waals surface area contributed by atoms with E-state index in [9.17, 15) is 4.79 Å². The van der Waals surface area contributed by atoms with Gasteiger partial charge in [0, 0.05) is 31.1 Å². The summed E-state index contributed by atoms with van der Waals surface area (Å²) in [6.45, 7) is 7.58. The number of nitrogens with zero attached hydrogens (tertiary/aromatic N) is 1. The largest absolute Gasteiger partial charge is 0.493 e. The van der Waals surface area contributed by atoms with E-state index >= 15 is 0 Å². The summed E-state index contributed by atoms with van der Waals surface area (Å²) in [4.78, 5) is 12.7. The SMILES string of the molecule is COc1ccc(-c2n[nH]c(C3CCOCC3)c2NC(=O)CC(C)(C)C)cc1OC. The van der Waals surface area contributed by atoms with E-state index in [0.29, 0.717) is 36.8 Å². The number of H-pyrrole nitrogens is 1. The van der Waals surface area contributed by atoms with Gasteiger partial charge >= 0.3 is 0 Å². The summed E-state index contributed by atoms with van der Waals surface area (Å²) in [6.07, 6.45) is 2.22. The number of benzene rings is 1. The van der Waals surface area contributed by atoms with Gasteiger partial charge in [-0.15, -0.1) is 0 Å². The van der Waals surface area contributed by atoms with Crippen molar-refractivity contribution in [2.24, 2.45) is 5.41 Å². The lowest BCUT2D eigenvalue weighted by Gasteiger charge is -2.23. The van der Waals surface area contributed by atoms with Gasteiger partial charge in [0.1, 0.15) is 5.69 Å². The Kier molecular flexibility index (Phi) is 6.47. The number of carbonyl (C=O) groups is 1. The topological polar surface area (TPSA) is 85.5 Å². The van der Waals surface area contributed by atoms with E-state index in [2.05, 4.69) is 36.3 Å². The van der Waals surface area contributed by atoms with Gasteiger partial charge in [-0.3, -0.25) is 9.89 Å². The monoisotopic (exact) mass is 401 g/mol. The molecule has 1 saturated heterocycles. The quantitative estimate of drug-likeness (QED) is 0.751. The average molecular weight is 402 g/mol. The smallest absolute Gasteiger partial charge is 0.225 e. The molecule has 2 heterocycles. The Bertz CT molecular complexity index is 848. The molecule has 2 N–H and O–H groups in total. The van der Waals surface area contributed by atoms with Gasteiger partial charge in [0.25, 0.3) is 0 Å². The molecule has 3 rings (SSSR count). The second-order valence-electron chi connectivity index (χ2n) is 8.60. The third-order valence-corrected chi connectivity index (χ3v) is 5.04. The molecule has 1 aliphatic heterocycles. The summed E-state index contributed by atoms with van der Waals surface area (Å²) in [5.74, 6) is 1.52. The summed E-state index contributed by atoms with van der Waals surface area (Å²) in [5.41, 5.74) is 3.16. The lowest BCUT2D eigenvalue weighted by Crippen LogP contribution is -2.21. The third-order valence-electron chi connectivity index (χ3n) is 5.04. The molecule has 7 nitrogen and oxygen atoms in total. The molecule has 0 bridgehead atoms. The van der Waals surface area contributed by atoms with Gasteiger partial charge in [0.05, 0.1) is 25.6 Å². The predicted octanol–water partition coefficient (Wildman–Crippen LogP) is 4.36. The molecule has 2 aromatic rings. The number of hydrogen-bond donors (Lipinski definition) is 2. The molecule has 0 spiro atoms. The number of rotatable bonds is 6. The first-order chi connectivity index (χ1) is 13.8. The van der Waals surface area contributed by atoms with Crippen molar-refractivity contribution in [3.05, 3.63) is 23.9 Å². The highest BCUT2D eigenvalue weighted by atomic mass is 16.5. The molecule has 1 aliphatic rings. The van der Waals surface area contributed by atoms with Crippen LogP contribution >= 0.6 is 0 Å².